The average molecular weight is 227 g/mol. The number of nitrogens with one attached hydrogen (secondary N) is 1. The summed E-state index contributed by atoms with van der Waals surface area (Å²) in [5.41, 5.74) is 6.46. The smallest absolute Gasteiger partial charge is 0.123 e. The molecule has 4 nitrogen and oxygen atoms in total. The van der Waals surface area contributed by atoms with Crippen molar-refractivity contribution in [3.8, 4) is 0 Å². The number of hydrogen-bond donors (Lipinski definition) is 3. The van der Waals surface area contributed by atoms with E-state index in [1.807, 2.05) is 17.8 Å². The molecule has 1 aromatic heterocycles. The first-order chi connectivity index (χ1) is 7.33. The average Bonchev–Trinajstić information content (AvgIpc) is 2.26. The lowest BCUT2D eigenvalue weighted by Crippen LogP contribution is -2.05. The van der Waals surface area contributed by atoms with Crippen molar-refractivity contribution in [1.82, 2.24) is 4.98 Å². The third kappa shape index (κ3) is 5.49. The quantitative estimate of drug-likeness (QED) is 0.610. The first-order valence-corrected chi connectivity index (χ1v) is 6.12. The summed E-state index contributed by atoms with van der Waals surface area (Å²) in [6.07, 6.45) is 2.60. The zero-order valence-electron chi connectivity index (χ0n) is 8.65. The van der Waals surface area contributed by atoms with Crippen molar-refractivity contribution in [2.24, 2.45) is 0 Å². The standard InChI is InChI=1S/C10H17N3OS/c11-10-3-2-9(8-13-10)12-4-7-15-6-1-5-14/h2-3,8,12,14H,1,4-7H2,(H2,11,13). The number of hydrogen-bond acceptors (Lipinski definition) is 5. The van der Waals surface area contributed by atoms with Crippen LogP contribution in [0.2, 0.25) is 0 Å². The van der Waals surface area contributed by atoms with Crippen LogP contribution in [0.4, 0.5) is 11.5 Å². The Labute approximate surface area is 94.3 Å². The van der Waals surface area contributed by atoms with Gasteiger partial charge < -0.3 is 16.2 Å². The minimum Gasteiger partial charge on any atom is -0.396 e. The maximum absolute atomic E-state index is 8.58. The van der Waals surface area contributed by atoms with E-state index in [9.17, 15) is 0 Å². The van der Waals surface area contributed by atoms with Gasteiger partial charge >= 0.3 is 0 Å². The highest BCUT2D eigenvalue weighted by molar-refractivity contribution is 7.99. The number of aromatic nitrogens is 1. The van der Waals surface area contributed by atoms with Crippen molar-refractivity contribution in [3.05, 3.63) is 18.3 Å². The van der Waals surface area contributed by atoms with Crippen molar-refractivity contribution < 1.29 is 5.11 Å². The van der Waals surface area contributed by atoms with Gasteiger partial charge in [-0.15, -0.1) is 0 Å². The van der Waals surface area contributed by atoms with Crippen LogP contribution in [-0.2, 0) is 0 Å². The lowest BCUT2D eigenvalue weighted by molar-refractivity contribution is 0.296. The molecule has 1 aromatic rings. The summed E-state index contributed by atoms with van der Waals surface area (Å²) in [6.45, 7) is 1.18. The summed E-state index contributed by atoms with van der Waals surface area (Å²) in [6, 6.07) is 3.70. The number of pyridine rings is 1. The molecule has 5 heteroatoms. The molecule has 0 aliphatic heterocycles. The zero-order valence-corrected chi connectivity index (χ0v) is 9.46. The number of nitrogens with zero attached hydrogens (tertiary/aromatic N) is 1. The molecule has 0 spiro atoms. The Morgan fingerprint density at radius 1 is 1.40 bits per heavy atom. The Balaban J connectivity index is 2.07. The van der Waals surface area contributed by atoms with Crippen LogP contribution >= 0.6 is 11.8 Å². The Morgan fingerprint density at radius 3 is 2.93 bits per heavy atom. The Morgan fingerprint density at radius 2 is 2.27 bits per heavy atom. The predicted molar refractivity (Wildman–Crippen MR) is 66.2 cm³/mol. The third-order valence-electron chi connectivity index (χ3n) is 1.81. The molecule has 0 unspecified atom stereocenters. The lowest BCUT2D eigenvalue weighted by Gasteiger charge is -2.05. The summed E-state index contributed by atoms with van der Waals surface area (Å²) in [4.78, 5) is 3.98. The van der Waals surface area contributed by atoms with Gasteiger partial charge in [-0.05, 0) is 24.3 Å². The summed E-state index contributed by atoms with van der Waals surface area (Å²) in [5.74, 6) is 2.58. The first-order valence-electron chi connectivity index (χ1n) is 4.97. The minimum atomic E-state index is 0.280. The van der Waals surface area contributed by atoms with Gasteiger partial charge in [-0.2, -0.15) is 11.8 Å². The van der Waals surface area contributed by atoms with Crippen molar-refractivity contribution in [2.45, 2.75) is 6.42 Å². The zero-order chi connectivity index (χ0) is 10.9. The van der Waals surface area contributed by atoms with Crippen molar-refractivity contribution >= 4 is 23.3 Å². The van der Waals surface area contributed by atoms with Crippen LogP contribution < -0.4 is 11.1 Å². The molecule has 0 saturated carbocycles. The van der Waals surface area contributed by atoms with E-state index in [2.05, 4.69) is 10.3 Å². The van der Waals surface area contributed by atoms with Crippen LogP contribution in [0, 0.1) is 0 Å². The fraction of sp³-hybridized carbons (Fsp3) is 0.500. The summed E-state index contributed by atoms with van der Waals surface area (Å²) < 4.78 is 0. The summed E-state index contributed by atoms with van der Waals surface area (Å²) in [5, 5.41) is 11.8. The highest BCUT2D eigenvalue weighted by Gasteiger charge is 1.92. The number of aliphatic hydroxyl groups is 1. The van der Waals surface area contributed by atoms with Crippen LogP contribution in [0.3, 0.4) is 0 Å². The molecule has 0 bridgehead atoms. The van der Waals surface area contributed by atoms with E-state index in [1.54, 1.807) is 12.3 Å². The number of nitrogens with two attached hydrogens (primary N) is 1. The molecule has 4 N–H and O–H groups in total. The van der Waals surface area contributed by atoms with Gasteiger partial charge in [0.05, 0.1) is 11.9 Å². The molecule has 0 fully saturated rings. The Bertz CT molecular complexity index is 266. The van der Waals surface area contributed by atoms with Crippen molar-refractivity contribution in [1.29, 1.82) is 0 Å². The molecule has 0 aliphatic rings. The number of nitrogen functional groups attached to an aromatic ring is 1. The van der Waals surface area contributed by atoms with Crippen LogP contribution in [0.1, 0.15) is 6.42 Å². The molecule has 84 valence electrons. The summed E-state index contributed by atoms with van der Waals surface area (Å²) >= 11 is 1.83. The minimum absolute atomic E-state index is 0.280. The van der Waals surface area contributed by atoms with Gasteiger partial charge in [-0.25, -0.2) is 4.98 Å². The highest BCUT2D eigenvalue weighted by Crippen LogP contribution is 2.07. The van der Waals surface area contributed by atoms with Gasteiger partial charge in [-0.3, -0.25) is 0 Å². The van der Waals surface area contributed by atoms with Crippen molar-refractivity contribution in [3.63, 3.8) is 0 Å². The first kappa shape index (κ1) is 12.1. The molecule has 1 heterocycles. The maximum atomic E-state index is 8.58. The van der Waals surface area contributed by atoms with Gasteiger partial charge in [0.15, 0.2) is 0 Å². The fourth-order valence-electron chi connectivity index (χ4n) is 1.05. The second kappa shape index (κ2) is 7.36. The van der Waals surface area contributed by atoms with E-state index in [4.69, 9.17) is 10.8 Å². The van der Waals surface area contributed by atoms with E-state index in [0.29, 0.717) is 5.82 Å². The topological polar surface area (TPSA) is 71.2 Å². The van der Waals surface area contributed by atoms with Gasteiger partial charge in [0.1, 0.15) is 5.82 Å². The molecule has 0 saturated heterocycles. The monoisotopic (exact) mass is 227 g/mol. The molecule has 0 radical (unpaired) electrons. The molecule has 0 amide bonds. The predicted octanol–water partition coefficient (Wildman–Crippen LogP) is 1.19. The number of thioether (sulfide) groups is 1. The Hall–Kier alpha value is -0.940. The van der Waals surface area contributed by atoms with Gasteiger partial charge in [0.2, 0.25) is 0 Å². The second-order valence-electron chi connectivity index (χ2n) is 3.09. The fourth-order valence-corrected chi connectivity index (χ4v) is 1.83. The Kier molecular flexibility index (Phi) is 5.96. The van der Waals surface area contributed by atoms with E-state index >= 15 is 0 Å². The van der Waals surface area contributed by atoms with Crippen LogP contribution in [0.5, 0.6) is 0 Å². The van der Waals surface area contributed by atoms with Gasteiger partial charge in [-0.1, -0.05) is 0 Å². The molecule has 0 atom stereocenters. The maximum Gasteiger partial charge on any atom is 0.123 e. The van der Waals surface area contributed by atoms with Crippen LogP contribution in [0.25, 0.3) is 0 Å². The van der Waals surface area contributed by atoms with Crippen molar-refractivity contribution in [2.75, 3.05) is 35.7 Å². The summed E-state index contributed by atoms with van der Waals surface area (Å²) in [7, 11) is 0. The van der Waals surface area contributed by atoms with Gasteiger partial charge in [0, 0.05) is 18.9 Å². The molecule has 1 rings (SSSR count). The number of aliphatic hydroxyl groups excluding tert-OH is 1. The van der Waals surface area contributed by atoms with E-state index in [1.165, 1.54) is 0 Å². The largest absolute Gasteiger partial charge is 0.396 e. The van der Waals surface area contributed by atoms with E-state index in [0.717, 1.165) is 30.2 Å². The third-order valence-corrected chi connectivity index (χ3v) is 2.88. The second-order valence-corrected chi connectivity index (χ2v) is 4.31. The molecule has 15 heavy (non-hydrogen) atoms. The van der Waals surface area contributed by atoms with E-state index < -0.39 is 0 Å². The van der Waals surface area contributed by atoms with Gasteiger partial charge in [0.25, 0.3) is 0 Å². The SMILES string of the molecule is Nc1ccc(NCCSCCCO)cn1. The van der Waals surface area contributed by atoms with Crippen LogP contribution in [0.15, 0.2) is 18.3 Å². The molecule has 0 aromatic carbocycles. The molecular formula is C10H17N3OS. The lowest BCUT2D eigenvalue weighted by atomic mass is 10.4. The molecular weight excluding hydrogens is 210 g/mol. The number of anilines is 2. The highest BCUT2D eigenvalue weighted by atomic mass is 32.2. The normalized spacial score (nSPS) is 10.2. The molecule has 0 aliphatic carbocycles. The van der Waals surface area contributed by atoms with E-state index in [-0.39, 0.29) is 6.61 Å². The number of rotatable bonds is 7. The van der Waals surface area contributed by atoms with Crippen LogP contribution in [-0.4, -0.2) is 34.7 Å².